The van der Waals surface area contributed by atoms with Gasteiger partial charge in [-0.3, -0.25) is 9.59 Å². The van der Waals surface area contributed by atoms with Crippen molar-refractivity contribution in [1.82, 2.24) is 0 Å². The normalized spacial score (nSPS) is 28.0. The first-order chi connectivity index (χ1) is 11.3. The summed E-state index contributed by atoms with van der Waals surface area (Å²) in [4.78, 5) is 26.0. The first kappa shape index (κ1) is 14.1. The molecule has 4 atom stereocenters. The van der Waals surface area contributed by atoms with E-state index in [0.717, 1.165) is 6.42 Å². The van der Waals surface area contributed by atoms with Crippen LogP contribution in [-0.2, 0) is 0 Å². The topological polar surface area (TPSA) is 34.1 Å². The van der Waals surface area contributed by atoms with Crippen molar-refractivity contribution in [2.75, 3.05) is 0 Å². The Hall–Kier alpha value is -2.48. The summed E-state index contributed by atoms with van der Waals surface area (Å²) in [5, 5.41) is 0. The Bertz CT molecular complexity index is 695. The molecule has 2 aliphatic carbocycles. The molecule has 23 heavy (non-hydrogen) atoms. The first-order valence-electron chi connectivity index (χ1n) is 8.12. The third-order valence-electron chi connectivity index (χ3n) is 5.18. The van der Waals surface area contributed by atoms with Gasteiger partial charge in [0, 0.05) is 23.0 Å². The molecule has 0 radical (unpaired) electrons. The largest absolute Gasteiger partial charge is 0.294 e. The van der Waals surface area contributed by atoms with Crippen LogP contribution in [0.4, 0.5) is 0 Å². The Kier molecular flexibility index (Phi) is 3.45. The SMILES string of the molecule is O=C(c1ccccc1)[C@@H]1[C@H](C(=O)c2ccccc2)[C@H]2C=C[C@H]1C2. The molecule has 114 valence electrons. The number of carbonyl (C=O) groups excluding carboxylic acids is 2. The molecule has 4 rings (SSSR count). The molecule has 2 aromatic rings. The molecule has 0 spiro atoms. The fourth-order valence-corrected chi connectivity index (χ4v) is 4.13. The third-order valence-corrected chi connectivity index (χ3v) is 5.18. The van der Waals surface area contributed by atoms with Crippen molar-refractivity contribution < 1.29 is 9.59 Å². The molecule has 2 aliphatic rings. The van der Waals surface area contributed by atoms with Gasteiger partial charge in [-0.25, -0.2) is 0 Å². The number of hydrogen-bond donors (Lipinski definition) is 0. The highest BCUT2D eigenvalue weighted by Crippen LogP contribution is 2.50. The molecule has 1 fully saturated rings. The zero-order chi connectivity index (χ0) is 15.8. The zero-order valence-electron chi connectivity index (χ0n) is 12.8. The lowest BCUT2D eigenvalue weighted by Gasteiger charge is -2.26. The molecule has 1 saturated carbocycles. The van der Waals surface area contributed by atoms with E-state index in [1.165, 1.54) is 0 Å². The van der Waals surface area contributed by atoms with E-state index < -0.39 is 0 Å². The molecule has 2 heteroatoms. The number of benzene rings is 2. The second-order valence-corrected chi connectivity index (χ2v) is 6.46. The van der Waals surface area contributed by atoms with Crippen LogP contribution in [0.25, 0.3) is 0 Å². The van der Waals surface area contributed by atoms with Crippen molar-refractivity contribution in [1.29, 1.82) is 0 Å². The molecule has 0 saturated heterocycles. The molecule has 0 aliphatic heterocycles. The van der Waals surface area contributed by atoms with Gasteiger partial charge in [-0.15, -0.1) is 0 Å². The lowest BCUT2D eigenvalue weighted by molar-refractivity contribution is 0.0752. The monoisotopic (exact) mass is 302 g/mol. The van der Waals surface area contributed by atoms with Crippen LogP contribution in [0, 0.1) is 23.7 Å². The van der Waals surface area contributed by atoms with E-state index in [2.05, 4.69) is 12.2 Å². The van der Waals surface area contributed by atoms with Crippen molar-refractivity contribution in [3.05, 3.63) is 83.9 Å². The molecule has 0 heterocycles. The zero-order valence-corrected chi connectivity index (χ0v) is 12.8. The Balaban J connectivity index is 1.69. The predicted octanol–water partition coefficient (Wildman–Crippen LogP) is 4.19. The van der Waals surface area contributed by atoms with Crippen molar-refractivity contribution in [2.24, 2.45) is 23.7 Å². The number of fused-ring (bicyclic) bond motifs is 2. The van der Waals surface area contributed by atoms with Crippen LogP contribution in [0.2, 0.25) is 0 Å². The van der Waals surface area contributed by atoms with Crippen molar-refractivity contribution >= 4 is 11.6 Å². The van der Waals surface area contributed by atoms with E-state index in [1.807, 2.05) is 60.7 Å². The first-order valence-corrected chi connectivity index (χ1v) is 8.12. The lowest BCUT2D eigenvalue weighted by atomic mass is 9.75. The number of hydrogen-bond acceptors (Lipinski definition) is 2. The summed E-state index contributed by atoms with van der Waals surface area (Å²) >= 11 is 0. The van der Waals surface area contributed by atoms with Crippen molar-refractivity contribution in [3.8, 4) is 0 Å². The lowest BCUT2D eigenvalue weighted by Crippen LogP contribution is -2.33. The number of Topliss-reactive ketones (excluding diaryl/α,β-unsaturated/α-hetero) is 2. The summed E-state index contributed by atoms with van der Waals surface area (Å²) in [6, 6.07) is 18.7. The maximum absolute atomic E-state index is 13.0. The number of rotatable bonds is 4. The molecule has 0 amide bonds. The van der Waals surface area contributed by atoms with Gasteiger partial charge in [0.2, 0.25) is 0 Å². The molecular formula is C21H18O2. The smallest absolute Gasteiger partial charge is 0.167 e. The molecule has 2 bridgehead atoms. The van der Waals surface area contributed by atoms with E-state index in [1.54, 1.807) is 0 Å². The highest BCUT2D eigenvalue weighted by molar-refractivity contribution is 6.06. The second-order valence-electron chi connectivity index (χ2n) is 6.46. The van der Waals surface area contributed by atoms with Gasteiger partial charge in [0.15, 0.2) is 11.6 Å². The van der Waals surface area contributed by atoms with Crippen molar-refractivity contribution in [3.63, 3.8) is 0 Å². The summed E-state index contributed by atoms with van der Waals surface area (Å²) in [5.41, 5.74) is 1.42. The Morgan fingerprint density at radius 3 is 1.43 bits per heavy atom. The quantitative estimate of drug-likeness (QED) is 0.627. The van der Waals surface area contributed by atoms with Gasteiger partial charge >= 0.3 is 0 Å². The second kappa shape index (κ2) is 5.62. The van der Waals surface area contributed by atoms with Crippen LogP contribution in [0.1, 0.15) is 27.1 Å². The van der Waals surface area contributed by atoms with Gasteiger partial charge in [-0.05, 0) is 18.3 Å². The van der Waals surface area contributed by atoms with Crippen LogP contribution < -0.4 is 0 Å². The van der Waals surface area contributed by atoms with E-state index in [4.69, 9.17) is 0 Å². The summed E-state index contributed by atoms with van der Waals surface area (Å²) in [5.74, 6) is 0.171. The minimum atomic E-state index is -0.222. The van der Waals surface area contributed by atoms with Gasteiger partial charge in [0.25, 0.3) is 0 Å². The fraction of sp³-hybridized carbons (Fsp3) is 0.238. The number of carbonyl (C=O) groups is 2. The van der Waals surface area contributed by atoms with E-state index in [0.29, 0.717) is 11.1 Å². The Morgan fingerprint density at radius 2 is 1.04 bits per heavy atom. The molecular weight excluding hydrogens is 284 g/mol. The average Bonchev–Trinajstić information content (AvgIpc) is 3.23. The van der Waals surface area contributed by atoms with E-state index >= 15 is 0 Å². The van der Waals surface area contributed by atoms with Gasteiger partial charge in [0.05, 0.1) is 0 Å². The van der Waals surface area contributed by atoms with Crippen LogP contribution >= 0.6 is 0 Å². The Morgan fingerprint density at radius 1 is 0.652 bits per heavy atom. The summed E-state index contributed by atoms with van der Waals surface area (Å²) in [7, 11) is 0. The number of allylic oxidation sites excluding steroid dienone is 2. The maximum Gasteiger partial charge on any atom is 0.167 e. The Labute approximate surface area is 135 Å². The fourth-order valence-electron chi connectivity index (χ4n) is 4.13. The molecule has 2 nitrogen and oxygen atoms in total. The van der Waals surface area contributed by atoms with Crippen molar-refractivity contribution in [2.45, 2.75) is 6.42 Å². The number of ketones is 2. The molecule has 0 N–H and O–H groups in total. The third kappa shape index (κ3) is 2.35. The van der Waals surface area contributed by atoms with E-state index in [-0.39, 0.29) is 35.2 Å². The average molecular weight is 302 g/mol. The minimum Gasteiger partial charge on any atom is -0.294 e. The summed E-state index contributed by atoms with van der Waals surface area (Å²) in [6.45, 7) is 0. The molecule has 0 unspecified atom stereocenters. The molecule has 2 aromatic carbocycles. The van der Waals surface area contributed by atoms with Crippen LogP contribution in [0.3, 0.4) is 0 Å². The van der Waals surface area contributed by atoms with Gasteiger partial charge < -0.3 is 0 Å². The highest BCUT2D eigenvalue weighted by atomic mass is 16.1. The predicted molar refractivity (Wildman–Crippen MR) is 89.3 cm³/mol. The van der Waals surface area contributed by atoms with E-state index in [9.17, 15) is 9.59 Å². The molecule has 0 aromatic heterocycles. The maximum atomic E-state index is 13.0. The van der Waals surface area contributed by atoms with Gasteiger partial charge in [-0.2, -0.15) is 0 Å². The highest BCUT2D eigenvalue weighted by Gasteiger charge is 2.51. The van der Waals surface area contributed by atoms with Crippen LogP contribution in [-0.4, -0.2) is 11.6 Å². The van der Waals surface area contributed by atoms with Crippen LogP contribution in [0.15, 0.2) is 72.8 Å². The summed E-state index contributed by atoms with van der Waals surface area (Å²) in [6.07, 6.45) is 5.18. The van der Waals surface area contributed by atoms with Crippen LogP contribution in [0.5, 0.6) is 0 Å². The van der Waals surface area contributed by atoms with Gasteiger partial charge in [0.1, 0.15) is 0 Å². The van der Waals surface area contributed by atoms with Gasteiger partial charge in [-0.1, -0.05) is 72.8 Å². The standard InChI is InChI=1S/C21H18O2/c22-20(14-7-3-1-4-8-14)18-16-11-12-17(13-16)19(18)21(23)15-9-5-2-6-10-15/h1-12,16-19H,13H2/t16-,17-,18-,19+/m0/s1. The minimum absolute atomic E-state index is 0.108. The summed E-state index contributed by atoms with van der Waals surface area (Å²) < 4.78 is 0.